The molecule has 0 atom stereocenters. The van der Waals surface area contributed by atoms with Gasteiger partial charge in [0.25, 0.3) is 11.6 Å². The minimum absolute atomic E-state index is 0.102. The van der Waals surface area contributed by atoms with Crippen molar-refractivity contribution in [2.75, 3.05) is 5.32 Å². The first-order valence-corrected chi connectivity index (χ1v) is 8.98. The molecule has 0 spiro atoms. The SMILES string of the molecule is O=C(NCc1cccc(Cl)c1)c1cc([N+](=O)[O-])ccc1NC1CCCC1. The number of halogens is 1. The maximum absolute atomic E-state index is 12.7. The summed E-state index contributed by atoms with van der Waals surface area (Å²) in [7, 11) is 0. The zero-order valence-corrected chi connectivity index (χ0v) is 15.0. The molecule has 1 fully saturated rings. The fourth-order valence-electron chi connectivity index (χ4n) is 3.17. The van der Waals surface area contributed by atoms with Gasteiger partial charge in [0.05, 0.1) is 10.5 Å². The Balaban J connectivity index is 1.78. The summed E-state index contributed by atoms with van der Waals surface area (Å²) in [6, 6.07) is 11.9. The van der Waals surface area contributed by atoms with Crippen LogP contribution in [0.25, 0.3) is 0 Å². The zero-order chi connectivity index (χ0) is 18.5. The predicted octanol–water partition coefficient (Wildman–Crippen LogP) is 4.53. The number of nitrogens with zero attached hydrogens (tertiary/aromatic N) is 1. The van der Waals surface area contributed by atoms with Crippen molar-refractivity contribution in [3.8, 4) is 0 Å². The summed E-state index contributed by atoms with van der Waals surface area (Å²) in [4.78, 5) is 23.3. The molecule has 1 saturated carbocycles. The van der Waals surface area contributed by atoms with Gasteiger partial charge in [-0.25, -0.2) is 0 Å². The highest BCUT2D eigenvalue weighted by molar-refractivity contribution is 6.30. The van der Waals surface area contributed by atoms with E-state index in [2.05, 4.69) is 10.6 Å². The van der Waals surface area contributed by atoms with Crippen molar-refractivity contribution < 1.29 is 9.72 Å². The summed E-state index contributed by atoms with van der Waals surface area (Å²) in [6.07, 6.45) is 4.39. The van der Waals surface area contributed by atoms with Crippen LogP contribution >= 0.6 is 11.6 Å². The lowest BCUT2D eigenvalue weighted by Gasteiger charge is -2.17. The molecule has 0 aromatic heterocycles. The van der Waals surface area contributed by atoms with Gasteiger partial charge >= 0.3 is 0 Å². The number of nitro benzene ring substituents is 1. The van der Waals surface area contributed by atoms with Gasteiger partial charge in [-0.1, -0.05) is 36.6 Å². The Kier molecular flexibility index (Phi) is 5.73. The van der Waals surface area contributed by atoms with Gasteiger partial charge in [-0.15, -0.1) is 0 Å². The molecule has 26 heavy (non-hydrogen) atoms. The van der Waals surface area contributed by atoms with E-state index in [9.17, 15) is 14.9 Å². The predicted molar refractivity (Wildman–Crippen MR) is 102 cm³/mol. The molecule has 6 nitrogen and oxygen atoms in total. The lowest BCUT2D eigenvalue weighted by atomic mass is 10.1. The Morgan fingerprint density at radius 3 is 2.65 bits per heavy atom. The maximum atomic E-state index is 12.7. The van der Waals surface area contributed by atoms with E-state index in [0.717, 1.165) is 31.2 Å². The number of hydrogen-bond acceptors (Lipinski definition) is 4. The van der Waals surface area contributed by atoms with Crippen LogP contribution in [0.4, 0.5) is 11.4 Å². The number of hydrogen-bond donors (Lipinski definition) is 2. The average molecular weight is 374 g/mol. The Morgan fingerprint density at radius 2 is 1.96 bits per heavy atom. The third kappa shape index (κ3) is 4.52. The molecule has 3 rings (SSSR count). The van der Waals surface area contributed by atoms with Crippen LogP contribution in [0.15, 0.2) is 42.5 Å². The molecular weight excluding hydrogens is 354 g/mol. The number of carbonyl (C=O) groups is 1. The lowest BCUT2D eigenvalue weighted by Crippen LogP contribution is -2.25. The van der Waals surface area contributed by atoms with Crippen molar-refractivity contribution >= 4 is 28.9 Å². The summed E-state index contributed by atoms with van der Waals surface area (Å²) in [6.45, 7) is 0.297. The number of nitro groups is 1. The molecule has 1 amide bonds. The molecule has 1 aliphatic rings. The second kappa shape index (κ2) is 8.19. The molecule has 2 aromatic carbocycles. The number of rotatable bonds is 6. The normalized spacial score (nSPS) is 14.2. The number of benzene rings is 2. The van der Waals surface area contributed by atoms with Gasteiger partial charge in [-0.2, -0.15) is 0 Å². The Labute approximate surface area is 156 Å². The van der Waals surface area contributed by atoms with Crippen molar-refractivity contribution in [2.45, 2.75) is 38.3 Å². The molecule has 0 unspecified atom stereocenters. The van der Waals surface area contributed by atoms with Crippen molar-refractivity contribution in [3.05, 3.63) is 68.7 Å². The van der Waals surface area contributed by atoms with Gasteiger partial charge in [0.1, 0.15) is 0 Å². The van der Waals surface area contributed by atoms with E-state index in [1.54, 1.807) is 18.2 Å². The van der Waals surface area contributed by atoms with Crippen molar-refractivity contribution in [1.82, 2.24) is 5.32 Å². The van der Waals surface area contributed by atoms with Crippen molar-refractivity contribution in [3.63, 3.8) is 0 Å². The van der Waals surface area contributed by atoms with Gasteiger partial charge in [-0.05, 0) is 36.6 Å². The first kappa shape index (κ1) is 18.2. The Morgan fingerprint density at radius 1 is 1.19 bits per heavy atom. The first-order valence-electron chi connectivity index (χ1n) is 8.60. The van der Waals surface area contributed by atoms with Crippen LogP contribution in [0.1, 0.15) is 41.6 Å². The molecular formula is C19H20ClN3O3. The quantitative estimate of drug-likeness (QED) is 0.575. The zero-order valence-electron chi connectivity index (χ0n) is 14.2. The molecule has 0 bridgehead atoms. The molecule has 1 aliphatic carbocycles. The van der Waals surface area contributed by atoms with Crippen LogP contribution in [0.5, 0.6) is 0 Å². The fraction of sp³-hybridized carbons (Fsp3) is 0.316. The summed E-state index contributed by atoms with van der Waals surface area (Å²) >= 11 is 5.96. The van der Waals surface area contributed by atoms with Crippen LogP contribution in [0.2, 0.25) is 5.02 Å². The van der Waals surface area contributed by atoms with Crippen LogP contribution in [0, 0.1) is 10.1 Å². The topological polar surface area (TPSA) is 84.3 Å². The Hall–Kier alpha value is -2.60. The summed E-state index contributed by atoms with van der Waals surface area (Å²) in [5, 5.41) is 17.9. The van der Waals surface area contributed by atoms with E-state index in [1.807, 2.05) is 12.1 Å². The van der Waals surface area contributed by atoms with Gasteiger partial charge in [0.15, 0.2) is 0 Å². The van der Waals surface area contributed by atoms with E-state index in [0.29, 0.717) is 23.3 Å². The molecule has 0 heterocycles. The third-order valence-corrected chi connectivity index (χ3v) is 4.75. The number of anilines is 1. The monoisotopic (exact) mass is 373 g/mol. The maximum Gasteiger partial charge on any atom is 0.270 e. The van der Waals surface area contributed by atoms with Crippen LogP contribution in [-0.2, 0) is 6.54 Å². The largest absolute Gasteiger partial charge is 0.382 e. The highest BCUT2D eigenvalue weighted by Gasteiger charge is 2.20. The Bertz CT molecular complexity index is 819. The highest BCUT2D eigenvalue weighted by atomic mass is 35.5. The average Bonchev–Trinajstić information content (AvgIpc) is 3.13. The van der Waals surface area contributed by atoms with E-state index in [4.69, 9.17) is 11.6 Å². The van der Waals surface area contributed by atoms with Gasteiger partial charge in [-0.3, -0.25) is 14.9 Å². The number of amides is 1. The van der Waals surface area contributed by atoms with Gasteiger partial charge in [0.2, 0.25) is 0 Å². The lowest BCUT2D eigenvalue weighted by molar-refractivity contribution is -0.384. The molecule has 2 aromatic rings. The summed E-state index contributed by atoms with van der Waals surface area (Å²) in [5.41, 5.74) is 1.68. The van der Waals surface area contributed by atoms with E-state index >= 15 is 0 Å². The second-order valence-electron chi connectivity index (χ2n) is 6.43. The standard InChI is InChI=1S/C19H20ClN3O3/c20-14-5-3-4-13(10-14)12-21-19(24)17-11-16(23(25)26)8-9-18(17)22-15-6-1-2-7-15/h3-5,8-11,15,22H,1-2,6-7,12H2,(H,21,24). The van der Waals surface area contributed by atoms with Crippen molar-refractivity contribution in [1.29, 1.82) is 0 Å². The molecule has 0 saturated heterocycles. The van der Waals surface area contributed by atoms with Crippen LogP contribution in [0.3, 0.4) is 0 Å². The van der Waals surface area contributed by atoms with Gasteiger partial charge in [0, 0.05) is 35.4 Å². The summed E-state index contributed by atoms with van der Waals surface area (Å²) in [5.74, 6) is -0.353. The smallest absolute Gasteiger partial charge is 0.270 e. The molecule has 136 valence electrons. The van der Waals surface area contributed by atoms with Crippen LogP contribution in [-0.4, -0.2) is 16.9 Å². The van der Waals surface area contributed by atoms with E-state index in [1.165, 1.54) is 12.1 Å². The molecule has 2 N–H and O–H groups in total. The summed E-state index contributed by atoms with van der Waals surface area (Å²) < 4.78 is 0. The first-order chi connectivity index (χ1) is 12.5. The molecule has 0 aliphatic heterocycles. The number of nitrogens with one attached hydrogen (secondary N) is 2. The minimum atomic E-state index is -0.493. The number of carbonyl (C=O) groups excluding carboxylic acids is 1. The second-order valence-corrected chi connectivity index (χ2v) is 6.86. The fourth-order valence-corrected chi connectivity index (χ4v) is 3.39. The van der Waals surface area contributed by atoms with E-state index < -0.39 is 4.92 Å². The number of non-ortho nitro benzene ring substituents is 1. The third-order valence-electron chi connectivity index (χ3n) is 4.52. The van der Waals surface area contributed by atoms with Gasteiger partial charge < -0.3 is 10.6 Å². The van der Waals surface area contributed by atoms with Crippen LogP contribution < -0.4 is 10.6 Å². The van der Waals surface area contributed by atoms with E-state index in [-0.39, 0.29) is 17.2 Å². The highest BCUT2D eigenvalue weighted by Crippen LogP contribution is 2.27. The minimum Gasteiger partial charge on any atom is -0.382 e. The molecule has 0 radical (unpaired) electrons. The molecule has 7 heteroatoms. The van der Waals surface area contributed by atoms with Crippen molar-refractivity contribution in [2.24, 2.45) is 0 Å².